The number of hydrogen-bond donors (Lipinski definition) is 4. The number of nitrogens with one attached hydrogen (secondary N) is 3. The van der Waals surface area contributed by atoms with Gasteiger partial charge in [-0.2, -0.15) is 5.06 Å². The number of halogens is 1. The number of amidine groups is 1. The lowest BCUT2D eigenvalue weighted by molar-refractivity contribution is -0.146. The summed E-state index contributed by atoms with van der Waals surface area (Å²) in [6.07, 6.45) is 2.37. The summed E-state index contributed by atoms with van der Waals surface area (Å²) in [6.45, 7) is 6.61. The van der Waals surface area contributed by atoms with Crippen LogP contribution in [-0.4, -0.2) is 51.7 Å². The zero-order chi connectivity index (χ0) is 32.7. The SMILES string of the molecule is CC(=O)N(O)C(=N)c1ccc(Oc2cc(Oc3ccc(Br)cc3)cc(C(=O)NC3CCC(NC(=O)OC(C)(C)C)CC3)c2)cc1. The van der Waals surface area contributed by atoms with Gasteiger partial charge in [0.15, 0.2) is 5.84 Å². The van der Waals surface area contributed by atoms with Crippen molar-refractivity contribution in [1.82, 2.24) is 15.7 Å². The molecular weight excluding hydrogens is 644 g/mol. The fourth-order valence-electron chi connectivity index (χ4n) is 4.68. The summed E-state index contributed by atoms with van der Waals surface area (Å²) in [5.74, 6) is 0.366. The highest BCUT2D eigenvalue weighted by Gasteiger charge is 2.26. The molecule has 1 fully saturated rings. The van der Waals surface area contributed by atoms with Gasteiger partial charge < -0.3 is 24.8 Å². The molecular formula is C33H37BrN4O7. The van der Waals surface area contributed by atoms with E-state index in [9.17, 15) is 19.6 Å². The van der Waals surface area contributed by atoms with Gasteiger partial charge in [-0.1, -0.05) is 15.9 Å². The van der Waals surface area contributed by atoms with Gasteiger partial charge >= 0.3 is 6.09 Å². The fourth-order valence-corrected chi connectivity index (χ4v) is 4.95. The van der Waals surface area contributed by atoms with Crippen LogP contribution < -0.4 is 20.1 Å². The molecule has 0 spiro atoms. The number of carbonyl (C=O) groups is 3. The average molecular weight is 682 g/mol. The van der Waals surface area contributed by atoms with Crippen LogP contribution in [-0.2, 0) is 9.53 Å². The van der Waals surface area contributed by atoms with E-state index in [2.05, 4.69) is 26.6 Å². The monoisotopic (exact) mass is 680 g/mol. The molecule has 0 bridgehead atoms. The molecule has 1 aliphatic rings. The third kappa shape index (κ3) is 10.0. The summed E-state index contributed by atoms with van der Waals surface area (Å²) < 4.78 is 18.4. The molecule has 4 rings (SSSR count). The van der Waals surface area contributed by atoms with Crippen molar-refractivity contribution >= 4 is 39.7 Å². The Labute approximate surface area is 270 Å². The quantitative estimate of drug-likeness (QED) is 0.0853. The van der Waals surface area contributed by atoms with Crippen molar-refractivity contribution < 1.29 is 33.8 Å². The second-order valence-electron chi connectivity index (χ2n) is 11.7. The number of benzene rings is 3. The minimum atomic E-state index is -0.681. The highest BCUT2D eigenvalue weighted by molar-refractivity contribution is 9.10. The van der Waals surface area contributed by atoms with Gasteiger partial charge in [-0.15, -0.1) is 0 Å². The molecule has 12 heteroatoms. The van der Waals surface area contributed by atoms with E-state index >= 15 is 0 Å². The lowest BCUT2D eigenvalue weighted by atomic mass is 9.91. The Morgan fingerprint density at radius 3 is 1.78 bits per heavy atom. The zero-order valence-electron chi connectivity index (χ0n) is 25.6. The molecule has 1 aliphatic carbocycles. The van der Waals surface area contributed by atoms with Crippen LogP contribution in [0.2, 0.25) is 0 Å². The summed E-state index contributed by atoms with van der Waals surface area (Å²) >= 11 is 3.41. The van der Waals surface area contributed by atoms with Crippen LogP contribution in [0.4, 0.5) is 4.79 Å². The van der Waals surface area contributed by atoms with E-state index in [1.54, 1.807) is 42.5 Å². The highest BCUT2D eigenvalue weighted by Crippen LogP contribution is 2.32. The van der Waals surface area contributed by atoms with Gasteiger partial charge in [0.2, 0.25) is 5.91 Å². The number of hydroxylamine groups is 2. The minimum Gasteiger partial charge on any atom is -0.457 e. The molecule has 11 nitrogen and oxygen atoms in total. The van der Waals surface area contributed by atoms with Crippen molar-refractivity contribution in [2.24, 2.45) is 0 Å². The Balaban J connectivity index is 1.46. The first-order valence-electron chi connectivity index (χ1n) is 14.5. The van der Waals surface area contributed by atoms with Crippen LogP contribution in [0.3, 0.4) is 0 Å². The number of alkyl carbamates (subject to hydrolysis) is 1. The maximum atomic E-state index is 13.4. The minimum absolute atomic E-state index is 0.0197. The molecule has 3 amide bonds. The van der Waals surface area contributed by atoms with Crippen LogP contribution in [0.5, 0.6) is 23.0 Å². The van der Waals surface area contributed by atoms with E-state index in [1.165, 1.54) is 12.1 Å². The lowest BCUT2D eigenvalue weighted by Crippen LogP contribution is -2.45. The number of rotatable bonds is 8. The van der Waals surface area contributed by atoms with Gasteiger partial charge in [0, 0.05) is 40.7 Å². The van der Waals surface area contributed by atoms with Crippen LogP contribution in [0.15, 0.2) is 71.2 Å². The topological polar surface area (TPSA) is 150 Å². The van der Waals surface area contributed by atoms with Gasteiger partial charge in [-0.3, -0.25) is 20.2 Å². The van der Waals surface area contributed by atoms with E-state index in [0.29, 0.717) is 59.8 Å². The van der Waals surface area contributed by atoms with Crippen molar-refractivity contribution in [3.63, 3.8) is 0 Å². The Morgan fingerprint density at radius 1 is 0.800 bits per heavy atom. The molecule has 4 N–H and O–H groups in total. The number of ether oxygens (including phenoxy) is 3. The van der Waals surface area contributed by atoms with Gasteiger partial charge in [0.05, 0.1) is 0 Å². The molecule has 0 unspecified atom stereocenters. The van der Waals surface area contributed by atoms with Crippen molar-refractivity contribution in [3.05, 3.63) is 82.3 Å². The molecule has 0 atom stereocenters. The predicted octanol–water partition coefficient (Wildman–Crippen LogP) is 7.16. The van der Waals surface area contributed by atoms with Gasteiger partial charge in [0.25, 0.3) is 5.91 Å². The second kappa shape index (κ2) is 14.6. The molecule has 3 aromatic carbocycles. The molecule has 0 saturated heterocycles. The standard InChI is InChI=1S/C33H37BrN4O7/c1-20(39)38(42)30(35)21-5-13-26(14-6-21)43-28-17-22(18-29(19-28)44-27-15-7-23(34)8-16-27)31(40)36-24-9-11-25(12-10-24)37-32(41)45-33(2,3)4/h5-8,13-19,24-25,35,42H,9-12H2,1-4H3,(H,36,40)(H,37,41). The van der Waals surface area contributed by atoms with Crippen molar-refractivity contribution in [2.75, 3.05) is 0 Å². The summed E-state index contributed by atoms with van der Waals surface area (Å²) in [4.78, 5) is 37.0. The average Bonchev–Trinajstić information content (AvgIpc) is 2.98. The first-order chi connectivity index (χ1) is 21.3. The van der Waals surface area contributed by atoms with Crippen LogP contribution >= 0.6 is 15.9 Å². The first kappa shape index (κ1) is 33.5. The smallest absolute Gasteiger partial charge is 0.407 e. The first-order valence-corrected chi connectivity index (χ1v) is 15.3. The van der Waals surface area contributed by atoms with Gasteiger partial charge in [-0.25, -0.2) is 4.79 Å². The normalized spacial score (nSPS) is 16.2. The lowest BCUT2D eigenvalue weighted by Gasteiger charge is -2.30. The van der Waals surface area contributed by atoms with Crippen molar-refractivity contribution in [2.45, 2.75) is 71.1 Å². The number of amides is 3. The third-order valence-corrected chi connectivity index (χ3v) is 7.38. The van der Waals surface area contributed by atoms with Gasteiger partial charge in [-0.05, 0) is 107 Å². The molecule has 1 saturated carbocycles. The summed E-state index contributed by atoms with van der Waals surface area (Å²) in [5, 5.41) is 24.0. The summed E-state index contributed by atoms with van der Waals surface area (Å²) in [5.41, 5.74) is 0.0759. The van der Waals surface area contributed by atoms with E-state index in [-0.39, 0.29) is 28.9 Å². The van der Waals surface area contributed by atoms with Crippen LogP contribution in [0, 0.1) is 5.41 Å². The Hall–Kier alpha value is -4.42. The number of carbonyl (C=O) groups excluding carboxylic acids is 3. The van der Waals surface area contributed by atoms with Crippen LogP contribution in [0.1, 0.15) is 69.3 Å². The molecule has 0 aliphatic heterocycles. The fraction of sp³-hybridized carbons (Fsp3) is 0.333. The third-order valence-electron chi connectivity index (χ3n) is 6.85. The summed E-state index contributed by atoms with van der Waals surface area (Å²) in [7, 11) is 0. The molecule has 45 heavy (non-hydrogen) atoms. The Morgan fingerprint density at radius 2 is 1.29 bits per heavy atom. The highest BCUT2D eigenvalue weighted by atomic mass is 79.9. The van der Waals surface area contributed by atoms with Crippen LogP contribution in [0.25, 0.3) is 0 Å². The van der Waals surface area contributed by atoms with Crippen molar-refractivity contribution in [1.29, 1.82) is 5.41 Å². The Kier molecular flexibility index (Phi) is 10.8. The van der Waals surface area contributed by atoms with E-state index in [4.69, 9.17) is 19.6 Å². The van der Waals surface area contributed by atoms with E-state index in [0.717, 1.165) is 11.4 Å². The predicted molar refractivity (Wildman–Crippen MR) is 171 cm³/mol. The molecule has 0 aromatic heterocycles. The zero-order valence-corrected chi connectivity index (χ0v) is 27.1. The largest absolute Gasteiger partial charge is 0.457 e. The van der Waals surface area contributed by atoms with E-state index in [1.807, 2.05) is 32.9 Å². The van der Waals surface area contributed by atoms with Crippen molar-refractivity contribution in [3.8, 4) is 23.0 Å². The summed E-state index contributed by atoms with van der Waals surface area (Å²) in [6, 6.07) is 18.3. The molecule has 0 heterocycles. The number of nitrogens with zero attached hydrogens (tertiary/aromatic N) is 1. The maximum Gasteiger partial charge on any atom is 0.407 e. The number of hydrogen-bond acceptors (Lipinski definition) is 8. The van der Waals surface area contributed by atoms with E-state index < -0.39 is 17.6 Å². The maximum absolute atomic E-state index is 13.4. The molecule has 0 radical (unpaired) electrons. The van der Waals surface area contributed by atoms with Gasteiger partial charge in [0.1, 0.15) is 28.6 Å². The second-order valence-corrected chi connectivity index (χ2v) is 12.6. The molecule has 238 valence electrons. The molecule has 3 aromatic rings. The Bertz CT molecular complexity index is 1530.